The summed E-state index contributed by atoms with van der Waals surface area (Å²) in [5.41, 5.74) is 7.88. The molecule has 1 heterocycles. The average Bonchev–Trinajstić information content (AvgIpc) is 2.90. The third-order valence-electron chi connectivity index (χ3n) is 3.35. The van der Waals surface area contributed by atoms with Crippen LogP contribution in [0.25, 0.3) is 11.0 Å². The summed E-state index contributed by atoms with van der Waals surface area (Å²) in [6, 6.07) is 14.4. The van der Waals surface area contributed by atoms with E-state index in [4.69, 9.17) is 21.8 Å². The second-order valence-electron chi connectivity index (χ2n) is 4.86. The zero-order chi connectivity index (χ0) is 14.8. The molecular formula is C17H14ClNO2. The zero-order valence-corrected chi connectivity index (χ0v) is 12.1. The number of hydrogen-bond donors (Lipinski definition) is 1. The fourth-order valence-corrected chi connectivity index (χ4v) is 2.44. The zero-order valence-electron chi connectivity index (χ0n) is 11.3. The molecular weight excluding hydrogens is 286 g/mol. The van der Waals surface area contributed by atoms with Gasteiger partial charge >= 0.3 is 0 Å². The van der Waals surface area contributed by atoms with Crippen LogP contribution in [0.15, 0.2) is 52.9 Å². The van der Waals surface area contributed by atoms with Gasteiger partial charge in [0.2, 0.25) is 5.78 Å². The highest BCUT2D eigenvalue weighted by Crippen LogP contribution is 2.24. The monoisotopic (exact) mass is 299 g/mol. The van der Waals surface area contributed by atoms with Crippen molar-refractivity contribution in [3.63, 3.8) is 0 Å². The number of benzene rings is 2. The van der Waals surface area contributed by atoms with E-state index in [1.807, 2.05) is 12.1 Å². The Labute approximate surface area is 127 Å². The smallest absolute Gasteiger partial charge is 0.228 e. The molecule has 0 fully saturated rings. The van der Waals surface area contributed by atoms with Gasteiger partial charge in [-0.05, 0) is 42.8 Å². The maximum atomic E-state index is 12.4. The first kappa shape index (κ1) is 13.9. The number of carbonyl (C=O) groups excluding carboxylic acids is 1. The first-order valence-corrected chi connectivity index (χ1v) is 7.08. The Bertz CT molecular complexity index is 790. The molecule has 3 nitrogen and oxygen atoms in total. The van der Waals surface area contributed by atoms with Gasteiger partial charge in [0.05, 0.1) is 0 Å². The summed E-state index contributed by atoms with van der Waals surface area (Å²) in [5, 5.41) is 1.44. The Kier molecular flexibility index (Phi) is 3.78. The van der Waals surface area contributed by atoms with Crippen LogP contribution < -0.4 is 5.73 Å². The van der Waals surface area contributed by atoms with E-state index in [-0.39, 0.29) is 5.78 Å². The molecule has 4 heteroatoms. The van der Waals surface area contributed by atoms with Gasteiger partial charge < -0.3 is 10.2 Å². The van der Waals surface area contributed by atoms with Crippen molar-refractivity contribution in [1.82, 2.24) is 0 Å². The van der Waals surface area contributed by atoms with Crippen LogP contribution in [0.3, 0.4) is 0 Å². The molecule has 1 aromatic heterocycles. The second-order valence-corrected chi connectivity index (χ2v) is 5.29. The van der Waals surface area contributed by atoms with Gasteiger partial charge in [-0.15, -0.1) is 0 Å². The molecule has 2 N–H and O–H groups in total. The lowest BCUT2D eigenvalue weighted by Crippen LogP contribution is -2.04. The van der Waals surface area contributed by atoms with Crippen molar-refractivity contribution in [3.8, 4) is 0 Å². The molecule has 0 atom stereocenters. The van der Waals surface area contributed by atoms with E-state index in [0.29, 0.717) is 28.5 Å². The molecule has 0 spiro atoms. The number of ketones is 1. The summed E-state index contributed by atoms with van der Waals surface area (Å²) in [6.45, 7) is 0.595. The number of furan rings is 1. The maximum absolute atomic E-state index is 12.4. The number of fused-ring (bicyclic) bond motifs is 1. The molecule has 0 aliphatic heterocycles. The van der Waals surface area contributed by atoms with Crippen LogP contribution >= 0.6 is 11.6 Å². The maximum Gasteiger partial charge on any atom is 0.228 e. The van der Waals surface area contributed by atoms with Crippen molar-refractivity contribution in [1.29, 1.82) is 0 Å². The summed E-state index contributed by atoms with van der Waals surface area (Å²) in [7, 11) is 0. The third kappa shape index (κ3) is 2.84. The van der Waals surface area contributed by atoms with E-state index >= 15 is 0 Å². The van der Waals surface area contributed by atoms with E-state index < -0.39 is 0 Å². The number of halogens is 1. The fraction of sp³-hybridized carbons (Fsp3) is 0.118. The lowest BCUT2D eigenvalue weighted by molar-refractivity contribution is 0.101. The predicted octanol–water partition coefficient (Wildman–Crippen LogP) is 3.82. The number of carbonyl (C=O) groups is 1. The van der Waals surface area contributed by atoms with Gasteiger partial charge in [-0.2, -0.15) is 0 Å². The quantitative estimate of drug-likeness (QED) is 0.745. The molecule has 0 saturated heterocycles. The minimum absolute atomic E-state index is 0.137. The van der Waals surface area contributed by atoms with Gasteiger partial charge in [-0.25, -0.2) is 0 Å². The fourth-order valence-electron chi connectivity index (χ4n) is 2.26. The summed E-state index contributed by atoms with van der Waals surface area (Å²) in [6.07, 6.45) is 0.803. The van der Waals surface area contributed by atoms with Crippen molar-refractivity contribution in [3.05, 3.63) is 70.4 Å². The highest BCUT2D eigenvalue weighted by molar-refractivity contribution is 6.31. The van der Waals surface area contributed by atoms with Crippen LogP contribution in [0.2, 0.25) is 5.02 Å². The molecule has 106 valence electrons. The highest BCUT2D eigenvalue weighted by Gasteiger charge is 2.14. The molecule has 0 saturated carbocycles. The van der Waals surface area contributed by atoms with Crippen molar-refractivity contribution < 1.29 is 9.21 Å². The van der Waals surface area contributed by atoms with E-state index in [2.05, 4.69) is 0 Å². The molecule has 0 aliphatic carbocycles. The Hall–Kier alpha value is -2.10. The largest absolute Gasteiger partial charge is 0.453 e. The van der Waals surface area contributed by atoms with Crippen molar-refractivity contribution in [2.45, 2.75) is 6.42 Å². The van der Waals surface area contributed by atoms with E-state index in [9.17, 15) is 4.79 Å². The molecule has 21 heavy (non-hydrogen) atoms. The SMILES string of the molecule is NCCc1ccc(C(=O)c2cc3cc(Cl)ccc3o2)cc1. The molecule has 0 radical (unpaired) electrons. The molecule has 3 aromatic rings. The predicted molar refractivity (Wildman–Crippen MR) is 83.9 cm³/mol. The van der Waals surface area contributed by atoms with Gasteiger partial charge in [0, 0.05) is 16.0 Å². The Morgan fingerprint density at radius 3 is 2.57 bits per heavy atom. The first-order valence-electron chi connectivity index (χ1n) is 6.70. The van der Waals surface area contributed by atoms with Gasteiger partial charge in [0.15, 0.2) is 5.76 Å². The Morgan fingerprint density at radius 1 is 1.10 bits per heavy atom. The lowest BCUT2D eigenvalue weighted by Gasteiger charge is -2.01. The van der Waals surface area contributed by atoms with E-state index in [0.717, 1.165) is 17.4 Å². The van der Waals surface area contributed by atoms with Gasteiger partial charge in [-0.1, -0.05) is 35.9 Å². The van der Waals surface area contributed by atoms with Crippen LogP contribution in [-0.4, -0.2) is 12.3 Å². The minimum Gasteiger partial charge on any atom is -0.453 e. The standard InChI is InChI=1S/C17H14ClNO2/c18-14-5-6-15-13(9-14)10-16(21-15)17(20)12-3-1-11(2-4-12)7-8-19/h1-6,9-10H,7-8,19H2. The van der Waals surface area contributed by atoms with Gasteiger partial charge in [0.1, 0.15) is 5.58 Å². The molecule has 2 aromatic carbocycles. The van der Waals surface area contributed by atoms with E-state index in [1.165, 1.54) is 0 Å². The number of rotatable bonds is 4. The third-order valence-corrected chi connectivity index (χ3v) is 3.59. The van der Waals surface area contributed by atoms with E-state index in [1.54, 1.807) is 36.4 Å². The second kappa shape index (κ2) is 5.72. The van der Waals surface area contributed by atoms with Gasteiger partial charge in [0.25, 0.3) is 0 Å². The van der Waals surface area contributed by atoms with Crippen molar-refractivity contribution in [2.24, 2.45) is 5.73 Å². The summed E-state index contributed by atoms with van der Waals surface area (Å²) >= 11 is 5.93. The summed E-state index contributed by atoms with van der Waals surface area (Å²) < 4.78 is 5.59. The molecule has 0 unspecified atom stereocenters. The van der Waals surface area contributed by atoms with Crippen LogP contribution in [0.4, 0.5) is 0 Å². The number of nitrogens with two attached hydrogens (primary N) is 1. The van der Waals surface area contributed by atoms with Crippen molar-refractivity contribution >= 4 is 28.4 Å². The normalized spacial score (nSPS) is 11.0. The van der Waals surface area contributed by atoms with Crippen LogP contribution in [0.1, 0.15) is 21.7 Å². The Morgan fingerprint density at radius 2 is 1.86 bits per heavy atom. The molecule has 0 aliphatic rings. The lowest BCUT2D eigenvalue weighted by atomic mass is 10.0. The minimum atomic E-state index is -0.137. The highest BCUT2D eigenvalue weighted by atomic mass is 35.5. The van der Waals surface area contributed by atoms with Crippen LogP contribution in [-0.2, 0) is 6.42 Å². The van der Waals surface area contributed by atoms with Crippen LogP contribution in [0.5, 0.6) is 0 Å². The van der Waals surface area contributed by atoms with Gasteiger partial charge in [-0.3, -0.25) is 4.79 Å². The molecule has 0 bridgehead atoms. The van der Waals surface area contributed by atoms with Crippen LogP contribution in [0, 0.1) is 0 Å². The molecule has 0 amide bonds. The Balaban J connectivity index is 1.92. The summed E-state index contributed by atoms with van der Waals surface area (Å²) in [5.74, 6) is 0.181. The molecule has 3 rings (SSSR count). The van der Waals surface area contributed by atoms with Crippen molar-refractivity contribution in [2.75, 3.05) is 6.54 Å². The first-order chi connectivity index (χ1) is 10.2. The number of hydrogen-bond acceptors (Lipinski definition) is 3. The topological polar surface area (TPSA) is 56.2 Å². The summed E-state index contributed by atoms with van der Waals surface area (Å²) in [4.78, 5) is 12.4. The average molecular weight is 300 g/mol.